The minimum Gasteiger partial charge on any atom is -0.335 e. The molecular formula is C16H22FN3OS. The van der Waals surface area contributed by atoms with E-state index in [0.29, 0.717) is 0 Å². The summed E-state index contributed by atoms with van der Waals surface area (Å²) in [5, 5.41) is 6.07. The number of piperidine rings is 1. The topological polar surface area (TPSA) is 44.4 Å². The number of likely N-dealkylation sites (tertiary alicyclic amines) is 1. The van der Waals surface area contributed by atoms with E-state index in [9.17, 15) is 9.18 Å². The summed E-state index contributed by atoms with van der Waals surface area (Å²) >= 11 is 1.72. The van der Waals surface area contributed by atoms with Gasteiger partial charge in [0.2, 0.25) is 0 Å². The lowest BCUT2D eigenvalue weighted by Gasteiger charge is -2.31. The number of carbonyl (C=O) groups is 1. The summed E-state index contributed by atoms with van der Waals surface area (Å²) in [5.74, 6) is 0.696. The zero-order valence-corrected chi connectivity index (χ0v) is 13.6. The minimum atomic E-state index is -0.247. The molecule has 0 radical (unpaired) electrons. The van der Waals surface area contributed by atoms with Crippen LogP contribution in [0.15, 0.2) is 23.1 Å². The van der Waals surface area contributed by atoms with Gasteiger partial charge in [0.15, 0.2) is 0 Å². The molecule has 2 N–H and O–H groups in total. The van der Waals surface area contributed by atoms with Gasteiger partial charge in [0.1, 0.15) is 5.82 Å². The van der Waals surface area contributed by atoms with Gasteiger partial charge in [-0.15, -0.1) is 11.8 Å². The molecule has 0 bridgehead atoms. The highest BCUT2D eigenvalue weighted by Gasteiger charge is 2.24. The maximum atomic E-state index is 13.5. The Labute approximate surface area is 134 Å². The van der Waals surface area contributed by atoms with Crippen molar-refractivity contribution in [2.45, 2.75) is 36.2 Å². The van der Waals surface area contributed by atoms with Gasteiger partial charge in [-0.1, -0.05) is 0 Å². The SMILES string of the molecule is CN1CCC(NC(=O)NC2CCSc3ccc(F)cc32)CC1. The third kappa shape index (κ3) is 3.73. The number of urea groups is 1. The molecule has 1 aromatic rings. The summed E-state index contributed by atoms with van der Waals surface area (Å²) in [6.45, 7) is 2.03. The van der Waals surface area contributed by atoms with Crippen LogP contribution in [-0.2, 0) is 0 Å². The van der Waals surface area contributed by atoms with Crippen molar-refractivity contribution in [3.8, 4) is 0 Å². The molecule has 120 valence electrons. The third-order valence-electron chi connectivity index (χ3n) is 4.37. The van der Waals surface area contributed by atoms with Gasteiger partial charge in [0.05, 0.1) is 6.04 Å². The van der Waals surface area contributed by atoms with Crippen LogP contribution in [0, 0.1) is 5.82 Å². The number of hydrogen-bond acceptors (Lipinski definition) is 3. The fourth-order valence-electron chi connectivity index (χ4n) is 3.05. The van der Waals surface area contributed by atoms with Crippen molar-refractivity contribution in [3.63, 3.8) is 0 Å². The van der Waals surface area contributed by atoms with Crippen molar-refractivity contribution in [1.82, 2.24) is 15.5 Å². The molecule has 3 rings (SSSR count). The van der Waals surface area contributed by atoms with E-state index in [4.69, 9.17) is 0 Å². The molecule has 0 aliphatic carbocycles. The monoisotopic (exact) mass is 323 g/mol. The van der Waals surface area contributed by atoms with E-state index in [1.54, 1.807) is 23.9 Å². The van der Waals surface area contributed by atoms with Gasteiger partial charge in [0, 0.05) is 16.7 Å². The summed E-state index contributed by atoms with van der Waals surface area (Å²) in [6.07, 6.45) is 2.80. The molecule has 2 heterocycles. The van der Waals surface area contributed by atoms with E-state index in [2.05, 4.69) is 22.6 Å². The molecule has 1 unspecified atom stereocenters. The number of thioether (sulfide) groups is 1. The summed E-state index contributed by atoms with van der Waals surface area (Å²) in [6, 6.07) is 4.83. The molecule has 2 aliphatic heterocycles. The molecular weight excluding hydrogens is 301 g/mol. The number of amides is 2. The Bertz CT molecular complexity index is 546. The number of benzene rings is 1. The Balaban J connectivity index is 1.59. The molecule has 0 saturated carbocycles. The average molecular weight is 323 g/mol. The number of fused-ring (bicyclic) bond motifs is 1. The Morgan fingerprint density at radius 3 is 2.82 bits per heavy atom. The standard InChI is InChI=1S/C16H22FN3OS/c1-20-7-4-12(5-8-20)18-16(21)19-14-6-9-22-15-3-2-11(17)10-13(14)15/h2-3,10,12,14H,4-9H2,1H3,(H2,18,19,21). The summed E-state index contributed by atoms with van der Waals surface area (Å²) in [4.78, 5) is 15.6. The lowest BCUT2D eigenvalue weighted by Crippen LogP contribution is -2.48. The Hall–Kier alpha value is -1.27. The fraction of sp³-hybridized carbons (Fsp3) is 0.562. The van der Waals surface area contributed by atoms with E-state index < -0.39 is 0 Å². The molecule has 1 saturated heterocycles. The van der Waals surface area contributed by atoms with E-state index in [1.807, 2.05) is 0 Å². The number of carbonyl (C=O) groups excluding carboxylic acids is 1. The minimum absolute atomic E-state index is 0.0989. The van der Waals surface area contributed by atoms with Crippen molar-refractivity contribution < 1.29 is 9.18 Å². The van der Waals surface area contributed by atoms with Crippen molar-refractivity contribution in [1.29, 1.82) is 0 Å². The number of rotatable bonds is 2. The molecule has 0 aromatic heterocycles. The van der Waals surface area contributed by atoms with Crippen LogP contribution < -0.4 is 10.6 Å². The maximum absolute atomic E-state index is 13.5. The van der Waals surface area contributed by atoms with E-state index >= 15 is 0 Å². The quantitative estimate of drug-likeness (QED) is 0.879. The summed E-state index contributed by atoms with van der Waals surface area (Å²) < 4.78 is 13.5. The zero-order chi connectivity index (χ0) is 15.5. The van der Waals surface area contributed by atoms with Gasteiger partial charge in [-0.2, -0.15) is 0 Å². The van der Waals surface area contributed by atoms with Crippen LogP contribution in [-0.4, -0.2) is 42.9 Å². The summed E-state index contributed by atoms with van der Waals surface area (Å²) in [7, 11) is 2.10. The molecule has 0 spiro atoms. The first-order valence-electron chi connectivity index (χ1n) is 7.79. The van der Waals surface area contributed by atoms with Gasteiger partial charge < -0.3 is 15.5 Å². The largest absolute Gasteiger partial charge is 0.335 e. The lowest BCUT2D eigenvalue weighted by atomic mass is 10.0. The predicted molar refractivity (Wildman–Crippen MR) is 86.7 cm³/mol. The molecule has 4 nitrogen and oxygen atoms in total. The van der Waals surface area contributed by atoms with Crippen LogP contribution in [0.3, 0.4) is 0 Å². The highest BCUT2D eigenvalue weighted by molar-refractivity contribution is 7.99. The van der Waals surface area contributed by atoms with E-state index in [-0.39, 0.29) is 23.9 Å². The maximum Gasteiger partial charge on any atom is 0.315 e. The van der Waals surface area contributed by atoms with Crippen LogP contribution >= 0.6 is 11.8 Å². The Kier molecular flexibility index (Phi) is 4.88. The van der Waals surface area contributed by atoms with Crippen LogP contribution in [0.25, 0.3) is 0 Å². The Morgan fingerprint density at radius 1 is 1.27 bits per heavy atom. The van der Waals surface area contributed by atoms with Crippen molar-refractivity contribution >= 4 is 17.8 Å². The molecule has 22 heavy (non-hydrogen) atoms. The second-order valence-corrected chi connectivity index (χ2v) is 7.20. The molecule has 1 aromatic carbocycles. The second kappa shape index (κ2) is 6.87. The van der Waals surface area contributed by atoms with Crippen LogP contribution in [0.1, 0.15) is 30.9 Å². The lowest BCUT2D eigenvalue weighted by molar-refractivity contribution is 0.211. The van der Waals surface area contributed by atoms with Gasteiger partial charge in [-0.05, 0) is 63.2 Å². The second-order valence-electron chi connectivity index (χ2n) is 6.07. The summed E-state index contributed by atoms with van der Waals surface area (Å²) in [5.41, 5.74) is 0.898. The third-order valence-corrected chi connectivity index (χ3v) is 5.49. The average Bonchev–Trinajstić information content (AvgIpc) is 2.50. The highest BCUT2D eigenvalue weighted by atomic mass is 32.2. The van der Waals surface area contributed by atoms with Gasteiger partial charge in [-0.25, -0.2) is 9.18 Å². The van der Waals surface area contributed by atoms with Crippen molar-refractivity contribution in [2.24, 2.45) is 0 Å². The molecule has 2 aliphatic rings. The van der Waals surface area contributed by atoms with Crippen molar-refractivity contribution in [3.05, 3.63) is 29.6 Å². The molecule has 2 amide bonds. The van der Waals surface area contributed by atoms with Crippen molar-refractivity contribution in [2.75, 3.05) is 25.9 Å². The number of halogens is 1. The van der Waals surface area contributed by atoms with Crippen LogP contribution in [0.2, 0.25) is 0 Å². The number of hydrogen-bond donors (Lipinski definition) is 2. The van der Waals surface area contributed by atoms with Gasteiger partial charge in [0.25, 0.3) is 0 Å². The Morgan fingerprint density at radius 2 is 2.05 bits per heavy atom. The smallest absolute Gasteiger partial charge is 0.315 e. The van der Waals surface area contributed by atoms with E-state index in [0.717, 1.165) is 48.6 Å². The first-order chi connectivity index (χ1) is 10.6. The van der Waals surface area contributed by atoms with Crippen LogP contribution in [0.4, 0.5) is 9.18 Å². The van der Waals surface area contributed by atoms with Crippen LogP contribution in [0.5, 0.6) is 0 Å². The first kappa shape index (κ1) is 15.6. The molecule has 6 heteroatoms. The number of nitrogens with zero attached hydrogens (tertiary/aromatic N) is 1. The van der Waals surface area contributed by atoms with Gasteiger partial charge >= 0.3 is 6.03 Å². The first-order valence-corrected chi connectivity index (χ1v) is 8.78. The van der Waals surface area contributed by atoms with E-state index in [1.165, 1.54) is 6.07 Å². The fourth-order valence-corrected chi connectivity index (χ4v) is 4.16. The molecule has 1 fully saturated rings. The zero-order valence-electron chi connectivity index (χ0n) is 12.8. The van der Waals surface area contributed by atoms with Gasteiger partial charge in [-0.3, -0.25) is 0 Å². The highest BCUT2D eigenvalue weighted by Crippen LogP contribution is 2.36. The normalized spacial score (nSPS) is 22.9. The number of nitrogens with one attached hydrogen (secondary N) is 2. The molecule has 1 atom stereocenters. The predicted octanol–water partition coefficient (Wildman–Crippen LogP) is 2.76.